The highest BCUT2D eigenvalue weighted by Crippen LogP contribution is 2.21. The van der Waals surface area contributed by atoms with E-state index in [9.17, 15) is 19.2 Å². The average molecular weight is 669 g/mol. The van der Waals surface area contributed by atoms with E-state index in [4.69, 9.17) is 17.2 Å². The molecule has 0 aliphatic rings. The van der Waals surface area contributed by atoms with Crippen LogP contribution in [0.2, 0.25) is 0 Å². The summed E-state index contributed by atoms with van der Waals surface area (Å²) in [6.07, 6.45) is 2.01. The third-order valence-corrected chi connectivity index (χ3v) is 9.13. The summed E-state index contributed by atoms with van der Waals surface area (Å²) in [6.45, 7) is 0.717. The Morgan fingerprint density at radius 1 is 0.771 bits per heavy atom. The van der Waals surface area contributed by atoms with Gasteiger partial charge in [-0.05, 0) is 71.6 Å². The second-order valence-corrected chi connectivity index (χ2v) is 12.7. The van der Waals surface area contributed by atoms with Crippen molar-refractivity contribution in [1.29, 1.82) is 0 Å². The zero-order chi connectivity index (χ0) is 34.5. The molecule has 0 bridgehead atoms. The lowest BCUT2D eigenvalue weighted by atomic mass is 9.99. The Morgan fingerprint density at radius 2 is 1.50 bits per heavy atom. The first-order valence-corrected chi connectivity index (χ1v) is 16.9. The summed E-state index contributed by atoms with van der Waals surface area (Å²) in [7, 11) is 1.54. The first-order chi connectivity index (χ1) is 23.2. The normalized spacial score (nSPS) is 12.8. The Morgan fingerprint density at radius 3 is 2.15 bits per heavy atom. The van der Waals surface area contributed by atoms with Gasteiger partial charge in [0, 0.05) is 36.9 Å². The van der Waals surface area contributed by atoms with Crippen molar-refractivity contribution in [1.82, 2.24) is 15.5 Å². The van der Waals surface area contributed by atoms with Gasteiger partial charge in [0.05, 0.1) is 0 Å². The minimum Gasteiger partial charge on any atom is -0.368 e. The Labute approximate surface area is 285 Å². The summed E-state index contributed by atoms with van der Waals surface area (Å²) < 4.78 is 0. The van der Waals surface area contributed by atoms with Gasteiger partial charge in [0.2, 0.25) is 17.7 Å². The largest absolute Gasteiger partial charge is 0.368 e. The summed E-state index contributed by atoms with van der Waals surface area (Å²) in [4.78, 5) is 56.1. The molecule has 0 saturated carbocycles. The zero-order valence-electron chi connectivity index (χ0n) is 27.1. The maximum absolute atomic E-state index is 14.3. The van der Waals surface area contributed by atoms with E-state index < -0.39 is 41.8 Å². The van der Waals surface area contributed by atoms with Gasteiger partial charge in [0.1, 0.15) is 18.1 Å². The minimum absolute atomic E-state index is 0.177. The van der Waals surface area contributed by atoms with E-state index in [1.165, 1.54) is 16.2 Å². The smallest absolute Gasteiger partial charge is 0.251 e. The van der Waals surface area contributed by atoms with Crippen LogP contribution in [0.15, 0.2) is 96.4 Å². The van der Waals surface area contributed by atoms with Crippen LogP contribution in [-0.4, -0.2) is 60.2 Å². The molecule has 1 aromatic heterocycles. The molecule has 0 aliphatic carbocycles. The summed E-state index contributed by atoms with van der Waals surface area (Å²) in [5.41, 5.74) is 21.1. The van der Waals surface area contributed by atoms with Gasteiger partial charge in [0.15, 0.2) is 0 Å². The number of benzene rings is 3. The Balaban J connectivity index is 1.62. The van der Waals surface area contributed by atoms with Crippen LogP contribution in [0.3, 0.4) is 0 Å². The number of nitrogens with zero attached hydrogens (tertiary/aromatic N) is 1. The number of amides is 4. The van der Waals surface area contributed by atoms with Crippen LogP contribution in [0, 0.1) is 0 Å². The highest BCUT2D eigenvalue weighted by Gasteiger charge is 2.34. The van der Waals surface area contributed by atoms with E-state index in [0.717, 1.165) is 27.1 Å². The lowest BCUT2D eigenvalue weighted by Gasteiger charge is -2.32. The highest BCUT2D eigenvalue weighted by atomic mass is 32.1. The fourth-order valence-corrected chi connectivity index (χ4v) is 6.19. The van der Waals surface area contributed by atoms with Crippen molar-refractivity contribution in [2.45, 2.75) is 56.8 Å². The molecular formula is C37H44N6O4S. The van der Waals surface area contributed by atoms with Gasteiger partial charge in [0.25, 0.3) is 5.91 Å². The third-order valence-electron chi connectivity index (χ3n) is 8.23. The molecule has 4 amide bonds. The van der Waals surface area contributed by atoms with Crippen LogP contribution in [0.5, 0.6) is 0 Å². The second-order valence-electron chi connectivity index (χ2n) is 11.7. The highest BCUT2D eigenvalue weighted by molar-refractivity contribution is 7.09. The Kier molecular flexibility index (Phi) is 13.4. The van der Waals surface area contributed by atoms with E-state index in [0.29, 0.717) is 31.4 Å². The molecule has 252 valence electrons. The molecule has 10 nitrogen and oxygen atoms in total. The van der Waals surface area contributed by atoms with Gasteiger partial charge in [-0.3, -0.25) is 19.2 Å². The first-order valence-electron chi connectivity index (χ1n) is 16.0. The quantitative estimate of drug-likeness (QED) is 0.108. The van der Waals surface area contributed by atoms with Crippen LogP contribution in [0.4, 0.5) is 0 Å². The van der Waals surface area contributed by atoms with Crippen molar-refractivity contribution < 1.29 is 19.2 Å². The van der Waals surface area contributed by atoms with E-state index in [1.54, 1.807) is 25.2 Å². The molecule has 48 heavy (non-hydrogen) atoms. The van der Waals surface area contributed by atoms with E-state index in [-0.39, 0.29) is 19.4 Å². The number of hydrogen-bond donors (Lipinski definition) is 5. The molecule has 0 saturated heterocycles. The van der Waals surface area contributed by atoms with E-state index in [2.05, 4.69) is 10.6 Å². The molecule has 8 N–H and O–H groups in total. The van der Waals surface area contributed by atoms with E-state index in [1.807, 2.05) is 78.2 Å². The maximum Gasteiger partial charge on any atom is 0.251 e. The van der Waals surface area contributed by atoms with Crippen LogP contribution in [0.25, 0.3) is 11.1 Å². The Bertz CT molecular complexity index is 1650. The molecule has 11 heteroatoms. The predicted octanol–water partition coefficient (Wildman–Crippen LogP) is 3.38. The fourth-order valence-electron chi connectivity index (χ4n) is 5.45. The molecule has 2 unspecified atom stereocenters. The van der Waals surface area contributed by atoms with Crippen molar-refractivity contribution >= 4 is 35.0 Å². The monoisotopic (exact) mass is 668 g/mol. The van der Waals surface area contributed by atoms with Crippen molar-refractivity contribution in [2.24, 2.45) is 17.2 Å². The SMILES string of the molecule is CN(C(=O)C(Cc1ccc(-c2ccccc2)cc1)NC(=O)c1cccc(CN)c1)C(Cc1cccs1)C(=O)N[C@@H](CCCCN)C(N)=O. The summed E-state index contributed by atoms with van der Waals surface area (Å²) in [5.74, 6) is -2.07. The van der Waals surface area contributed by atoms with Crippen molar-refractivity contribution in [2.75, 3.05) is 13.6 Å². The fraction of sp³-hybridized carbons (Fsp3) is 0.297. The summed E-state index contributed by atoms with van der Waals surface area (Å²) in [6, 6.07) is 25.5. The van der Waals surface area contributed by atoms with E-state index >= 15 is 0 Å². The molecule has 0 aliphatic heterocycles. The number of carbonyl (C=O) groups is 4. The van der Waals surface area contributed by atoms with Gasteiger partial charge in [-0.2, -0.15) is 0 Å². The van der Waals surface area contributed by atoms with Crippen LogP contribution < -0.4 is 27.8 Å². The van der Waals surface area contributed by atoms with Gasteiger partial charge < -0.3 is 32.7 Å². The van der Waals surface area contributed by atoms with Gasteiger partial charge in [-0.25, -0.2) is 0 Å². The summed E-state index contributed by atoms with van der Waals surface area (Å²) in [5, 5.41) is 7.58. The van der Waals surface area contributed by atoms with Crippen molar-refractivity contribution in [3.63, 3.8) is 0 Å². The molecule has 3 atom stereocenters. The molecule has 4 rings (SSSR count). The number of nitrogens with one attached hydrogen (secondary N) is 2. The van der Waals surface area contributed by atoms with Crippen molar-refractivity contribution in [3.8, 4) is 11.1 Å². The number of unbranched alkanes of at least 4 members (excludes halogenated alkanes) is 1. The molecule has 3 aromatic carbocycles. The molecule has 0 spiro atoms. The standard InChI is InChI=1S/C37H44N6O4S/c1-43(33(23-30-13-8-20-48-30)36(46)41-31(34(40)44)14-5-6-19-38)37(47)32(42-35(45)29-12-7-9-26(21-29)24-39)22-25-15-17-28(18-16-25)27-10-3-2-4-11-27/h2-4,7-13,15-18,20-21,31-33H,5-6,14,19,22-24,38-39H2,1H3,(H2,40,44)(H,41,46)(H,42,45)/t31-,32?,33?/m0/s1. The molecule has 4 aromatic rings. The van der Waals surface area contributed by atoms with Gasteiger partial charge >= 0.3 is 0 Å². The zero-order valence-corrected chi connectivity index (χ0v) is 28.0. The number of likely N-dealkylation sites (N-methyl/N-ethyl adjacent to an activating group) is 1. The minimum atomic E-state index is -1.01. The number of carbonyl (C=O) groups excluding carboxylic acids is 4. The second kappa shape index (κ2) is 17.9. The van der Waals surface area contributed by atoms with Gasteiger partial charge in [-0.15, -0.1) is 11.3 Å². The number of primary amides is 1. The predicted molar refractivity (Wildman–Crippen MR) is 190 cm³/mol. The topological polar surface area (TPSA) is 174 Å². The van der Waals surface area contributed by atoms with Crippen LogP contribution in [0.1, 0.15) is 45.6 Å². The van der Waals surface area contributed by atoms with Gasteiger partial charge in [-0.1, -0.05) is 72.8 Å². The lowest BCUT2D eigenvalue weighted by molar-refractivity contribution is -0.141. The van der Waals surface area contributed by atoms with Crippen molar-refractivity contribution in [3.05, 3.63) is 118 Å². The first kappa shape index (κ1) is 36.0. The maximum atomic E-state index is 14.3. The number of hydrogen-bond acceptors (Lipinski definition) is 7. The number of rotatable bonds is 17. The molecular weight excluding hydrogens is 625 g/mol. The average Bonchev–Trinajstić information content (AvgIpc) is 3.63. The van der Waals surface area contributed by atoms with Crippen LogP contribution >= 0.6 is 11.3 Å². The summed E-state index contributed by atoms with van der Waals surface area (Å²) >= 11 is 1.46. The number of nitrogens with two attached hydrogens (primary N) is 3. The molecule has 0 radical (unpaired) electrons. The third kappa shape index (κ3) is 10.1. The number of thiophene rings is 1. The van der Waals surface area contributed by atoms with Crippen LogP contribution in [-0.2, 0) is 33.8 Å². The lowest BCUT2D eigenvalue weighted by Crippen LogP contribution is -2.57. The molecule has 0 fully saturated rings. The molecule has 1 heterocycles. The Hall–Kier alpha value is -4.84.